The third kappa shape index (κ3) is 1.67. The van der Waals surface area contributed by atoms with Crippen LogP contribution in [-0.4, -0.2) is 24.3 Å². The molecule has 0 radical (unpaired) electrons. The molecule has 0 bridgehead atoms. The monoisotopic (exact) mass is 271 g/mol. The molecule has 102 valence electrons. The van der Waals surface area contributed by atoms with Gasteiger partial charge in [-0.25, -0.2) is 9.67 Å². The van der Waals surface area contributed by atoms with Crippen molar-refractivity contribution in [3.8, 4) is 5.82 Å². The highest BCUT2D eigenvalue weighted by molar-refractivity contribution is 5.78. The predicted molar refractivity (Wildman–Crippen MR) is 73.9 cm³/mol. The third-order valence-electron chi connectivity index (χ3n) is 3.23. The van der Waals surface area contributed by atoms with E-state index < -0.39 is 4.92 Å². The van der Waals surface area contributed by atoms with Crippen LogP contribution in [0.5, 0.6) is 0 Å². The highest BCUT2D eigenvalue weighted by atomic mass is 16.6. The molecule has 2 aromatic heterocycles. The molecule has 0 amide bonds. The lowest BCUT2D eigenvalue weighted by Gasteiger charge is -2.05. The van der Waals surface area contributed by atoms with Gasteiger partial charge in [0.05, 0.1) is 16.0 Å². The topological polar surface area (TPSA) is 78.8 Å². The number of para-hydroxylation sites is 2. The fraction of sp³-hybridized carbons (Fsp3) is 0.231. The summed E-state index contributed by atoms with van der Waals surface area (Å²) in [5.74, 6) is 0.448. The van der Waals surface area contributed by atoms with Crippen molar-refractivity contribution in [2.75, 3.05) is 0 Å². The van der Waals surface area contributed by atoms with Gasteiger partial charge in [0, 0.05) is 6.54 Å². The van der Waals surface area contributed by atoms with Crippen LogP contribution in [0.2, 0.25) is 0 Å². The summed E-state index contributed by atoms with van der Waals surface area (Å²) in [5, 5.41) is 15.6. The first-order valence-corrected chi connectivity index (χ1v) is 6.27. The number of benzene rings is 1. The van der Waals surface area contributed by atoms with Gasteiger partial charge in [-0.05, 0) is 26.0 Å². The van der Waals surface area contributed by atoms with Crippen LogP contribution in [0.4, 0.5) is 5.69 Å². The molecule has 0 spiro atoms. The smallest absolute Gasteiger partial charge is 0.277 e. The molecule has 7 nitrogen and oxygen atoms in total. The molecule has 0 aliphatic rings. The van der Waals surface area contributed by atoms with E-state index in [0.717, 1.165) is 11.0 Å². The van der Waals surface area contributed by atoms with Gasteiger partial charge in [-0.15, -0.1) is 0 Å². The fourth-order valence-electron chi connectivity index (χ4n) is 2.36. The van der Waals surface area contributed by atoms with Crippen molar-refractivity contribution < 1.29 is 4.92 Å². The average molecular weight is 271 g/mol. The highest BCUT2D eigenvalue weighted by Gasteiger charge is 2.27. The van der Waals surface area contributed by atoms with Crippen LogP contribution in [0, 0.1) is 17.0 Å². The zero-order valence-electron chi connectivity index (χ0n) is 11.1. The minimum atomic E-state index is -0.390. The predicted octanol–water partition coefficient (Wildman–Crippen LogP) is 2.46. The lowest BCUT2D eigenvalue weighted by atomic mass is 10.3. The van der Waals surface area contributed by atoms with E-state index in [0.29, 0.717) is 18.1 Å². The Kier molecular flexibility index (Phi) is 2.74. The van der Waals surface area contributed by atoms with Gasteiger partial charge < -0.3 is 0 Å². The normalized spacial score (nSPS) is 11.1. The van der Waals surface area contributed by atoms with Crippen LogP contribution >= 0.6 is 0 Å². The van der Waals surface area contributed by atoms with Crippen molar-refractivity contribution in [1.29, 1.82) is 0 Å². The van der Waals surface area contributed by atoms with Gasteiger partial charge in [-0.1, -0.05) is 12.1 Å². The maximum Gasteiger partial charge on any atom is 0.334 e. The first kappa shape index (κ1) is 12.3. The van der Waals surface area contributed by atoms with Gasteiger partial charge in [0.25, 0.3) is 0 Å². The maximum atomic E-state index is 11.3. The SMILES string of the molecule is CCn1nc(C)c([N+](=O)[O-])c1-n1cnc2ccccc21. The maximum absolute atomic E-state index is 11.3. The fourth-order valence-corrected chi connectivity index (χ4v) is 2.36. The Morgan fingerprint density at radius 3 is 2.80 bits per heavy atom. The molecule has 3 aromatic rings. The Bertz CT molecular complexity index is 802. The van der Waals surface area contributed by atoms with E-state index >= 15 is 0 Å². The summed E-state index contributed by atoms with van der Waals surface area (Å²) in [7, 11) is 0. The molecule has 0 N–H and O–H groups in total. The Balaban J connectivity index is 2.36. The summed E-state index contributed by atoms with van der Waals surface area (Å²) in [6, 6.07) is 7.52. The Morgan fingerprint density at radius 1 is 1.35 bits per heavy atom. The third-order valence-corrected chi connectivity index (χ3v) is 3.23. The number of nitro groups is 1. The van der Waals surface area contributed by atoms with Gasteiger partial charge in [-0.3, -0.25) is 14.7 Å². The molecule has 0 atom stereocenters. The van der Waals surface area contributed by atoms with E-state index in [-0.39, 0.29) is 5.69 Å². The molecule has 0 saturated carbocycles. The minimum absolute atomic E-state index is 0.0232. The van der Waals surface area contributed by atoms with Crippen molar-refractivity contribution in [2.24, 2.45) is 0 Å². The number of hydrogen-bond acceptors (Lipinski definition) is 4. The molecule has 0 aliphatic heterocycles. The van der Waals surface area contributed by atoms with Crippen molar-refractivity contribution in [1.82, 2.24) is 19.3 Å². The summed E-state index contributed by atoms with van der Waals surface area (Å²) in [6.07, 6.45) is 1.60. The van der Waals surface area contributed by atoms with Gasteiger partial charge in [0.15, 0.2) is 0 Å². The molecule has 1 aromatic carbocycles. The van der Waals surface area contributed by atoms with Crippen LogP contribution < -0.4 is 0 Å². The number of nitrogens with zero attached hydrogens (tertiary/aromatic N) is 5. The molecule has 0 saturated heterocycles. The largest absolute Gasteiger partial charge is 0.334 e. The second-order valence-electron chi connectivity index (χ2n) is 4.43. The number of fused-ring (bicyclic) bond motifs is 1. The van der Waals surface area contributed by atoms with Crippen molar-refractivity contribution >= 4 is 16.7 Å². The van der Waals surface area contributed by atoms with E-state index in [9.17, 15) is 10.1 Å². The summed E-state index contributed by atoms with van der Waals surface area (Å²) in [6.45, 7) is 4.10. The van der Waals surface area contributed by atoms with E-state index in [1.165, 1.54) is 0 Å². The van der Waals surface area contributed by atoms with Crippen LogP contribution in [-0.2, 0) is 6.54 Å². The van der Waals surface area contributed by atoms with Crippen LogP contribution in [0.25, 0.3) is 16.9 Å². The zero-order chi connectivity index (χ0) is 14.3. The molecule has 0 fully saturated rings. The summed E-state index contributed by atoms with van der Waals surface area (Å²) < 4.78 is 3.35. The summed E-state index contributed by atoms with van der Waals surface area (Å²) >= 11 is 0. The second-order valence-corrected chi connectivity index (χ2v) is 4.43. The van der Waals surface area contributed by atoms with E-state index in [1.807, 2.05) is 31.2 Å². The average Bonchev–Trinajstić information content (AvgIpc) is 2.98. The van der Waals surface area contributed by atoms with Gasteiger partial charge in [0.2, 0.25) is 5.82 Å². The minimum Gasteiger partial charge on any atom is -0.277 e. The van der Waals surface area contributed by atoms with Crippen molar-refractivity contribution in [2.45, 2.75) is 20.4 Å². The summed E-state index contributed by atoms with van der Waals surface area (Å²) in [5.41, 5.74) is 2.05. The second kappa shape index (κ2) is 4.44. The standard InChI is InChI=1S/C13H13N5O2/c1-3-17-13(12(18(19)20)9(2)15-17)16-8-14-10-6-4-5-7-11(10)16/h4-8H,3H2,1-2H3. The number of aryl methyl sites for hydroxylation is 2. The number of aromatic nitrogens is 4. The Labute approximate surface area is 114 Å². The molecular weight excluding hydrogens is 258 g/mol. The van der Waals surface area contributed by atoms with E-state index in [4.69, 9.17) is 0 Å². The number of hydrogen-bond donors (Lipinski definition) is 0. The molecular formula is C13H13N5O2. The molecule has 7 heteroatoms. The first-order valence-electron chi connectivity index (χ1n) is 6.27. The number of rotatable bonds is 3. The zero-order valence-corrected chi connectivity index (χ0v) is 11.1. The first-order chi connectivity index (χ1) is 9.63. The highest BCUT2D eigenvalue weighted by Crippen LogP contribution is 2.29. The van der Waals surface area contributed by atoms with Crippen LogP contribution in [0.1, 0.15) is 12.6 Å². The lowest BCUT2D eigenvalue weighted by Crippen LogP contribution is -2.06. The van der Waals surface area contributed by atoms with Gasteiger partial charge in [-0.2, -0.15) is 5.10 Å². The molecule has 20 heavy (non-hydrogen) atoms. The summed E-state index contributed by atoms with van der Waals surface area (Å²) in [4.78, 5) is 15.2. The molecule has 2 heterocycles. The lowest BCUT2D eigenvalue weighted by molar-refractivity contribution is -0.385. The molecule has 0 unspecified atom stereocenters. The Morgan fingerprint density at radius 2 is 2.10 bits per heavy atom. The van der Waals surface area contributed by atoms with Crippen molar-refractivity contribution in [3.05, 3.63) is 46.4 Å². The van der Waals surface area contributed by atoms with Crippen LogP contribution in [0.3, 0.4) is 0 Å². The van der Waals surface area contributed by atoms with Crippen LogP contribution in [0.15, 0.2) is 30.6 Å². The molecule has 3 rings (SSSR count). The van der Waals surface area contributed by atoms with E-state index in [1.54, 1.807) is 22.5 Å². The van der Waals surface area contributed by atoms with Crippen molar-refractivity contribution in [3.63, 3.8) is 0 Å². The number of imidazole rings is 1. The molecule has 0 aliphatic carbocycles. The Hall–Kier alpha value is -2.70. The van der Waals surface area contributed by atoms with Gasteiger partial charge >= 0.3 is 5.69 Å². The quantitative estimate of drug-likeness (QED) is 0.541. The van der Waals surface area contributed by atoms with E-state index in [2.05, 4.69) is 10.1 Å². The van der Waals surface area contributed by atoms with Gasteiger partial charge in [0.1, 0.15) is 12.0 Å².